The monoisotopic (exact) mass is 228 g/mol. The summed E-state index contributed by atoms with van der Waals surface area (Å²) in [5, 5.41) is 0. The van der Waals surface area contributed by atoms with Gasteiger partial charge in [-0.15, -0.1) is 0 Å². The van der Waals surface area contributed by atoms with Crippen LogP contribution in [0.4, 0.5) is 4.79 Å². The highest BCUT2D eigenvalue weighted by atomic mass is 35.5. The van der Waals surface area contributed by atoms with Gasteiger partial charge in [-0.25, -0.2) is 4.79 Å². The average Bonchev–Trinajstić information content (AvgIpc) is 2.19. The minimum atomic E-state index is -0.810. The van der Waals surface area contributed by atoms with Crippen LogP contribution in [0.2, 0.25) is 0 Å². The van der Waals surface area contributed by atoms with Crippen LogP contribution in [0.3, 0.4) is 0 Å². The predicted molar refractivity (Wildman–Crippen MR) is 58.5 cm³/mol. The zero-order chi connectivity index (χ0) is 11.4. The highest BCUT2D eigenvalue weighted by Crippen LogP contribution is 2.23. The van der Waals surface area contributed by atoms with Crippen LogP contribution >= 0.6 is 11.6 Å². The Hall–Kier alpha value is -1.22. The SMILES string of the molecule is COc1cc(C)c(C)cc1COC(=O)Cl. The van der Waals surface area contributed by atoms with Crippen LogP contribution in [0, 0.1) is 13.8 Å². The van der Waals surface area contributed by atoms with E-state index in [4.69, 9.17) is 21.1 Å². The first-order valence-electron chi connectivity index (χ1n) is 4.51. The summed E-state index contributed by atoms with van der Waals surface area (Å²) >= 11 is 5.09. The number of hydrogen-bond donors (Lipinski definition) is 0. The molecule has 0 aromatic heterocycles. The third-order valence-corrected chi connectivity index (χ3v) is 2.35. The molecule has 0 radical (unpaired) electrons. The maximum absolute atomic E-state index is 10.5. The molecule has 4 heteroatoms. The van der Waals surface area contributed by atoms with E-state index in [0.29, 0.717) is 5.75 Å². The van der Waals surface area contributed by atoms with Crippen molar-refractivity contribution in [2.75, 3.05) is 7.11 Å². The molecule has 3 nitrogen and oxygen atoms in total. The molecular weight excluding hydrogens is 216 g/mol. The minimum Gasteiger partial charge on any atom is -0.496 e. The zero-order valence-corrected chi connectivity index (χ0v) is 9.72. The summed E-state index contributed by atoms with van der Waals surface area (Å²) in [6, 6.07) is 3.83. The fraction of sp³-hybridized carbons (Fsp3) is 0.364. The second-order valence-electron chi connectivity index (χ2n) is 3.27. The molecule has 0 saturated heterocycles. The van der Waals surface area contributed by atoms with Crippen molar-refractivity contribution in [2.45, 2.75) is 20.5 Å². The number of halogens is 1. The molecule has 0 aliphatic heterocycles. The predicted octanol–water partition coefficient (Wildman–Crippen LogP) is 3.19. The van der Waals surface area contributed by atoms with E-state index < -0.39 is 5.43 Å². The van der Waals surface area contributed by atoms with Gasteiger partial charge in [0.1, 0.15) is 12.4 Å². The Morgan fingerprint density at radius 1 is 1.33 bits per heavy atom. The average molecular weight is 229 g/mol. The lowest BCUT2D eigenvalue weighted by Crippen LogP contribution is -1.99. The van der Waals surface area contributed by atoms with Crippen LogP contribution < -0.4 is 4.74 Å². The van der Waals surface area contributed by atoms with Crippen LogP contribution in [0.5, 0.6) is 5.75 Å². The topological polar surface area (TPSA) is 35.5 Å². The van der Waals surface area contributed by atoms with Crippen molar-refractivity contribution in [2.24, 2.45) is 0 Å². The van der Waals surface area contributed by atoms with Crippen molar-refractivity contribution in [3.63, 3.8) is 0 Å². The van der Waals surface area contributed by atoms with Gasteiger partial charge in [-0.3, -0.25) is 0 Å². The first-order valence-corrected chi connectivity index (χ1v) is 4.88. The van der Waals surface area contributed by atoms with Crippen molar-refractivity contribution < 1.29 is 14.3 Å². The van der Waals surface area contributed by atoms with Gasteiger partial charge in [0.25, 0.3) is 0 Å². The molecule has 0 spiro atoms. The van der Waals surface area contributed by atoms with E-state index in [-0.39, 0.29) is 6.61 Å². The molecular formula is C11H13ClO3. The van der Waals surface area contributed by atoms with Crippen LogP contribution in [0.15, 0.2) is 12.1 Å². The van der Waals surface area contributed by atoms with E-state index in [1.807, 2.05) is 26.0 Å². The molecule has 0 N–H and O–H groups in total. The number of ether oxygens (including phenoxy) is 2. The second-order valence-corrected chi connectivity index (χ2v) is 3.58. The lowest BCUT2D eigenvalue weighted by atomic mass is 10.1. The molecule has 1 rings (SSSR count). The van der Waals surface area contributed by atoms with Gasteiger partial charge in [-0.2, -0.15) is 0 Å². The number of aryl methyl sites for hydroxylation is 2. The Labute approximate surface area is 93.9 Å². The largest absolute Gasteiger partial charge is 0.496 e. The second kappa shape index (κ2) is 5.03. The fourth-order valence-corrected chi connectivity index (χ4v) is 1.34. The van der Waals surface area contributed by atoms with Gasteiger partial charge in [-0.05, 0) is 37.1 Å². The number of carbonyl (C=O) groups excluding carboxylic acids is 1. The van der Waals surface area contributed by atoms with Gasteiger partial charge in [-0.1, -0.05) is 0 Å². The van der Waals surface area contributed by atoms with Crippen LogP contribution in [0.25, 0.3) is 0 Å². The van der Waals surface area contributed by atoms with Gasteiger partial charge >= 0.3 is 5.43 Å². The summed E-state index contributed by atoms with van der Waals surface area (Å²) < 4.78 is 9.89. The van der Waals surface area contributed by atoms with Crippen LogP contribution in [-0.2, 0) is 11.3 Å². The van der Waals surface area contributed by atoms with Gasteiger partial charge < -0.3 is 9.47 Å². The number of hydrogen-bond acceptors (Lipinski definition) is 3. The molecule has 0 heterocycles. The third kappa shape index (κ3) is 3.13. The van der Waals surface area contributed by atoms with Crippen LogP contribution in [0.1, 0.15) is 16.7 Å². The smallest absolute Gasteiger partial charge is 0.404 e. The van der Waals surface area contributed by atoms with Crippen molar-refractivity contribution >= 4 is 17.0 Å². The van der Waals surface area contributed by atoms with Gasteiger partial charge in [0.2, 0.25) is 0 Å². The van der Waals surface area contributed by atoms with Gasteiger partial charge in [0, 0.05) is 17.2 Å². The summed E-state index contributed by atoms with van der Waals surface area (Å²) in [7, 11) is 1.58. The third-order valence-electron chi connectivity index (χ3n) is 2.24. The van der Waals surface area contributed by atoms with Gasteiger partial charge in [0.05, 0.1) is 7.11 Å². The number of benzene rings is 1. The van der Waals surface area contributed by atoms with E-state index in [9.17, 15) is 4.79 Å². The Bertz CT molecular complexity index is 374. The molecule has 15 heavy (non-hydrogen) atoms. The lowest BCUT2D eigenvalue weighted by Gasteiger charge is -2.11. The van der Waals surface area contributed by atoms with Crippen molar-refractivity contribution in [1.29, 1.82) is 0 Å². The highest BCUT2D eigenvalue weighted by Gasteiger charge is 2.07. The Morgan fingerprint density at radius 2 is 1.93 bits per heavy atom. The molecule has 0 aliphatic rings. The van der Waals surface area contributed by atoms with E-state index in [0.717, 1.165) is 16.7 Å². The maximum atomic E-state index is 10.5. The fourth-order valence-electron chi connectivity index (χ4n) is 1.29. The summed E-state index contributed by atoms with van der Waals surface area (Å²) in [5.74, 6) is 0.705. The Balaban J connectivity index is 2.94. The van der Waals surface area contributed by atoms with E-state index in [1.165, 1.54) is 0 Å². The molecule has 1 aromatic rings. The lowest BCUT2D eigenvalue weighted by molar-refractivity contribution is 0.166. The van der Waals surface area contributed by atoms with Gasteiger partial charge in [0.15, 0.2) is 0 Å². The minimum absolute atomic E-state index is 0.132. The Morgan fingerprint density at radius 3 is 2.47 bits per heavy atom. The van der Waals surface area contributed by atoms with E-state index >= 15 is 0 Å². The van der Waals surface area contributed by atoms with Crippen LogP contribution in [-0.4, -0.2) is 12.5 Å². The molecule has 0 atom stereocenters. The first kappa shape index (κ1) is 11.9. The highest BCUT2D eigenvalue weighted by molar-refractivity contribution is 6.61. The summed E-state index contributed by atoms with van der Waals surface area (Å²) in [6.45, 7) is 4.11. The molecule has 82 valence electrons. The molecule has 0 bridgehead atoms. The molecule has 0 amide bonds. The first-order chi connectivity index (χ1) is 7.04. The quantitative estimate of drug-likeness (QED) is 0.746. The van der Waals surface area contributed by atoms with E-state index in [2.05, 4.69) is 0 Å². The van der Waals surface area contributed by atoms with Crippen molar-refractivity contribution in [3.05, 3.63) is 28.8 Å². The normalized spacial score (nSPS) is 9.87. The Kier molecular flexibility index (Phi) is 3.97. The summed E-state index contributed by atoms with van der Waals surface area (Å²) in [6.07, 6.45) is 0. The van der Waals surface area contributed by atoms with Crippen molar-refractivity contribution in [3.8, 4) is 5.75 Å². The molecule has 1 aromatic carbocycles. The maximum Gasteiger partial charge on any atom is 0.404 e. The molecule has 0 fully saturated rings. The number of methoxy groups -OCH3 is 1. The molecule has 0 saturated carbocycles. The zero-order valence-electron chi connectivity index (χ0n) is 8.96. The molecule has 0 aliphatic carbocycles. The van der Waals surface area contributed by atoms with E-state index in [1.54, 1.807) is 7.11 Å². The summed E-state index contributed by atoms with van der Waals surface area (Å²) in [5.41, 5.74) is 2.26. The summed E-state index contributed by atoms with van der Waals surface area (Å²) in [4.78, 5) is 10.5. The standard InChI is InChI=1S/C11H13ClO3/c1-7-4-9(6-15-11(12)13)10(14-3)5-8(7)2/h4-5H,6H2,1-3H3. The number of carbonyl (C=O) groups is 1. The number of rotatable bonds is 3. The molecule has 0 unspecified atom stereocenters. The van der Waals surface area contributed by atoms with Crippen molar-refractivity contribution in [1.82, 2.24) is 0 Å².